The molecule has 30 heavy (non-hydrogen) atoms. The molecule has 2 fully saturated rings. The highest BCUT2D eigenvalue weighted by atomic mass is 16.5. The molecule has 1 aliphatic heterocycles. The van der Waals surface area contributed by atoms with Gasteiger partial charge in [0.25, 0.3) is 0 Å². The minimum absolute atomic E-state index is 0.154. The summed E-state index contributed by atoms with van der Waals surface area (Å²) < 4.78 is 10.9. The number of ether oxygens (including phenoxy) is 2. The summed E-state index contributed by atoms with van der Waals surface area (Å²) in [4.78, 5) is 19.9. The molecule has 1 saturated heterocycles. The molecule has 1 aliphatic carbocycles. The number of hydrogen-bond acceptors (Lipinski definition) is 4. The van der Waals surface area contributed by atoms with Gasteiger partial charge < -0.3 is 9.47 Å². The first-order valence-electron chi connectivity index (χ1n) is 10.6. The Morgan fingerprint density at radius 3 is 2.43 bits per heavy atom. The van der Waals surface area contributed by atoms with E-state index in [4.69, 9.17) is 14.5 Å². The number of benzene rings is 2. The Bertz CT molecular complexity index is 950. The molecule has 0 unspecified atom stereocenters. The summed E-state index contributed by atoms with van der Waals surface area (Å²) in [6, 6.07) is 13.5. The molecule has 0 spiro atoms. The Hall–Kier alpha value is -3.02. The summed E-state index contributed by atoms with van der Waals surface area (Å²) in [6.07, 6.45) is 5.79. The smallest absolute Gasteiger partial charge is 0.328 e. The van der Waals surface area contributed by atoms with E-state index in [1.54, 1.807) is 19.1 Å². The molecule has 0 radical (unpaired) electrons. The number of hydrogen-bond donors (Lipinski definition) is 1. The molecule has 158 valence electrons. The Morgan fingerprint density at radius 2 is 1.73 bits per heavy atom. The zero-order valence-electron chi connectivity index (χ0n) is 17.9. The molecule has 2 aromatic rings. The first-order chi connectivity index (χ1) is 14.6. The maximum Gasteiger partial charge on any atom is 0.328 e. The van der Waals surface area contributed by atoms with E-state index in [0.29, 0.717) is 17.3 Å². The predicted molar refractivity (Wildman–Crippen MR) is 119 cm³/mol. The van der Waals surface area contributed by atoms with Crippen LogP contribution in [-0.4, -0.2) is 32.1 Å². The van der Waals surface area contributed by atoms with Crippen LogP contribution in [0.5, 0.6) is 11.5 Å². The average Bonchev–Trinajstić information content (AvgIpc) is 3.09. The number of carbonyl (C=O) groups excluding carboxylic acids is 1. The van der Waals surface area contributed by atoms with Crippen LogP contribution in [0.4, 0.5) is 10.5 Å². The molecule has 0 aromatic heterocycles. The van der Waals surface area contributed by atoms with Crippen molar-refractivity contribution in [2.75, 3.05) is 19.1 Å². The molecule has 1 atom stereocenters. The van der Waals surface area contributed by atoms with Crippen LogP contribution in [0.2, 0.25) is 0 Å². The van der Waals surface area contributed by atoms with Crippen molar-refractivity contribution in [3.05, 3.63) is 53.6 Å². The molecule has 4 rings (SSSR count). The van der Waals surface area contributed by atoms with Crippen molar-refractivity contribution >= 4 is 17.6 Å². The average molecular weight is 408 g/mol. The van der Waals surface area contributed by atoms with Crippen LogP contribution in [0.3, 0.4) is 0 Å². The maximum absolute atomic E-state index is 13.1. The topological polar surface area (TPSA) is 63.2 Å². The number of amides is 2. The third-order valence-electron chi connectivity index (χ3n) is 5.97. The molecular weight excluding hydrogens is 378 g/mol. The molecule has 2 aliphatic rings. The van der Waals surface area contributed by atoms with Gasteiger partial charge in [0.05, 0.1) is 20.3 Å². The Labute approximate surface area is 177 Å². The van der Waals surface area contributed by atoms with E-state index in [-0.39, 0.29) is 18.1 Å². The number of nitrogens with zero attached hydrogens (tertiary/aromatic N) is 2. The second-order valence-electron chi connectivity index (χ2n) is 7.91. The molecule has 1 N–H and O–H groups in total. The van der Waals surface area contributed by atoms with Crippen molar-refractivity contribution in [2.45, 2.75) is 51.1 Å². The van der Waals surface area contributed by atoms with Gasteiger partial charge >= 0.3 is 6.03 Å². The number of urea groups is 1. The van der Waals surface area contributed by atoms with Gasteiger partial charge in [-0.1, -0.05) is 43.5 Å². The number of para-hydroxylation sites is 1. The van der Waals surface area contributed by atoms with Crippen LogP contribution in [0, 0.1) is 6.92 Å². The van der Waals surface area contributed by atoms with E-state index in [1.807, 2.05) is 49.4 Å². The van der Waals surface area contributed by atoms with Crippen molar-refractivity contribution in [3.63, 3.8) is 0 Å². The minimum atomic E-state index is -0.333. The van der Waals surface area contributed by atoms with Crippen LogP contribution in [0.25, 0.3) is 0 Å². The SMILES string of the molecule is COc1ccc([C@@H]2C(=NC3CCCCC3)NC(=O)N2c2ccccc2C)cc1OC. The lowest BCUT2D eigenvalue weighted by molar-refractivity contribution is 0.252. The zero-order valence-corrected chi connectivity index (χ0v) is 17.9. The van der Waals surface area contributed by atoms with Crippen LogP contribution in [-0.2, 0) is 0 Å². The van der Waals surface area contributed by atoms with E-state index in [0.717, 1.165) is 29.7 Å². The van der Waals surface area contributed by atoms with Gasteiger partial charge in [0.1, 0.15) is 11.9 Å². The highest BCUT2D eigenvalue weighted by Gasteiger charge is 2.40. The number of anilines is 1. The molecule has 6 heteroatoms. The normalized spacial score (nSPS) is 21.0. The van der Waals surface area contributed by atoms with Gasteiger partial charge in [-0.3, -0.25) is 15.2 Å². The predicted octanol–water partition coefficient (Wildman–Crippen LogP) is 5.01. The van der Waals surface area contributed by atoms with Gasteiger partial charge in [0.2, 0.25) is 0 Å². The van der Waals surface area contributed by atoms with Crippen molar-refractivity contribution in [3.8, 4) is 11.5 Å². The largest absolute Gasteiger partial charge is 0.493 e. The summed E-state index contributed by atoms with van der Waals surface area (Å²) in [5.74, 6) is 2.00. The Balaban J connectivity index is 1.81. The van der Waals surface area contributed by atoms with E-state index in [2.05, 4.69) is 5.32 Å². The second-order valence-corrected chi connectivity index (χ2v) is 7.91. The summed E-state index contributed by atoms with van der Waals surface area (Å²) in [5.41, 5.74) is 2.85. The maximum atomic E-state index is 13.1. The van der Waals surface area contributed by atoms with Gasteiger partial charge in [-0.05, 0) is 49.1 Å². The first kappa shape index (κ1) is 20.3. The van der Waals surface area contributed by atoms with Crippen molar-refractivity contribution < 1.29 is 14.3 Å². The van der Waals surface area contributed by atoms with Crippen LogP contribution >= 0.6 is 0 Å². The van der Waals surface area contributed by atoms with Crippen molar-refractivity contribution in [2.24, 2.45) is 4.99 Å². The zero-order chi connectivity index (χ0) is 21.1. The fraction of sp³-hybridized carbons (Fsp3) is 0.417. The molecule has 1 saturated carbocycles. The monoisotopic (exact) mass is 407 g/mol. The molecule has 6 nitrogen and oxygen atoms in total. The molecule has 2 amide bonds. The van der Waals surface area contributed by atoms with E-state index >= 15 is 0 Å². The summed E-state index contributed by atoms with van der Waals surface area (Å²) in [5, 5.41) is 3.06. The first-order valence-corrected chi connectivity index (χ1v) is 10.6. The van der Waals surface area contributed by atoms with Crippen LogP contribution in [0.15, 0.2) is 47.5 Å². The number of amidine groups is 1. The lowest BCUT2D eigenvalue weighted by Crippen LogP contribution is -2.30. The highest BCUT2D eigenvalue weighted by Crippen LogP contribution is 2.38. The van der Waals surface area contributed by atoms with Crippen LogP contribution in [0.1, 0.15) is 49.3 Å². The third kappa shape index (κ3) is 3.86. The van der Waals surface area contributed by atoms with Gasteiger partial charge in [0, 0.05) is 5.69 Å². The number of methoxy groups -OCH3 is 2. The van der Waals surface area contributed by atoms with Gasteiger partial charge in [0.15, 0.2) is 11.5 Å². The third-order valence-corrected chi connectivity index (χ3v) is 5.97. The number of carbonyl (C=O) groups is 1. The summed E-state index contributed by atoms with van der Waals surface area (Å²) in [6.45, 7) is 2.02. The summed E-state index contributed by atoms with van der Waals surface area (Å²) in [7, 11) is 3.24. The minimum Gasteiger partial charge on any atom is -0.493 e. The van der Waals surface area contributed by atoms with Gasteiger partial charge in [-0.15, -0.1) is 0 Å². The van der Waals surface area contributed by atoms with E-state index < -0.39 is 0 Å². The molecular formula is C24H29N3O3. The number of rotatable bonds is 5. The molecule has 1 heterocycles. The van der Waals surface area contributed by atoms with Crippen LogP contribution < -0.4 is 19.7 Å². The Morgan fingerprint density at radius 1 is 1.00 bits per heavy atom. The van der Waals surface area contributed by atoms with E-state index in [9.17, 15) is 4.79 Å². The number of nitrogens with one attached hydrogen (secondary N) is 1. The van der Waals surface area contributed by atoms with Gasteiger partial charge in [-0.25, -0.2) is 4.79 Å². The summed E-state index contributed by atoms with van der Waals surface area (Å²) >= 11 is 0. The standard InChI is InChI=1S/C24H29N3O3/c1-16-9-7-8-12-19(16)27-22(17-13-14-20(29-2)21(15-17)30-3)23(26-24(27)28)25-18-10-5-4-6-11-18/h7-9,12-15,18,22H,4-6,10-11H2,1-3H3,(H,25,26,28)/t22-/m1/s1. The quantitative estimate of drug-likeness (QED) is 0.757. The Kier molecular flexibility index (Phi) is 5.93. The fourth-order valence-electron chi connectivity index (χ4n) is 4.40. The highest BCUT2D eigenvalue weighted by molar-refractivity contribution is 6.17. The molecule has 0 bridgehead atoms. The number of aryl methyl sites for hydroxylation is 1. The number of aliphatic imine (C=N–C) groups is 1. The lowest BCUT2D eigenvalue weighted by atomic mass is 9.95. The van der Waals surface area contributed by atoms with Crippen molar-refractivity contribution in [1.82, 2.24) is 5.32 Å². The van der Waals surface area contributed by atoms with E-state index in [1.165, 1.54) is 19.3 Å². The fourth-order valence-corrected chi connectivity index (χ4v) is 4.40. The lowest BCUT2D eigenvalue weighted by Gasteiger charge is -2.26. The van der Waals surface area contributed by atoms with Crippen molar-refractivity contribution in [1.29, 1.82) is 0 Å². The second kappa shape index (κ2) is 8.78. The van der Waals surface area contributed by atoms with Gasteiger partial charge in [-0.2, -0.15) is 0 Å². The molecule has 2 aromatic carbocycles.